The van der Waals surface area contributed by atoms with Gasteiger partial charge in [-0.3, -0.25) is 0 Å². The highest BCUT2D eigenvalue weighted by Gasteiger charge is 2.12. The van der Waals surface area contributed by atoms with Gasteiger partial charge in [0, 0.05) is 17.2 Å². The Morgan fingerprint density at radius 1 is 1.38 bits per heavy atom. The molecule has 2 N–H and O–H groups in total. The van der Waals surface area contributed by atoms with Gasteiger partial charge in [-0.1, -0.05) is 18.2 Å². The van der Waals surface area contributed by atoms with E-state index in [-0.39, 0.29) is 11.8 Å². The summed E-state index contributed by atoms with van der Waals surface area (Å²) in [6, 6.07) is 7.63. The van der Waals surface area contributed by atoms with Crippen LogP contribution in [0.25, 0.3) is 0 Å². The Morgan fingerprint density at radius 3 is 2.56 bits per heavy atom. The van der Waals surface area contributed by atoms with Crippen molar-refractivity contribution in [1.82, 2.24) is 0 Å². The van der Waals surface area contributed by atoms with Crippen molar-refractivity contribution in [3.05, 3.63) is 29.8 Å². The minimum atomic E-state index is -2.93. The van der Waals surface area contributed by atoms with Gasteiger partial charge in [-0.15, -0.1) is 11.8 Å². The highest BCUT2D eigenvalue weighted by atomic mass is 32.2. The number of nitrogens with two attached hydrogens (primary N) is 1. The fraction of sp³-hybridized carbons (Fsp3) is 0.455. The largest absolute Gasteiger partial charge is 0.324 e. The standard InChI is InChI=1S/C11H17NO2S2/c1-15-11-6-4-3-5-9(11)10(12)7-8-16(2,13)14/h3-6,10H,7-8,12H2,1-2H3. The van der Waals surface area contributed by atoms with Crippen molar-refractivity contribution in [3.8, 4) is 0 Å². The second kappa shape index (κ2) is 5.70. The van der Waals surface area contributed by atoms with Crippen molar-refractivity contribution in [2.75, 3.05) is 18.3 Å². The summed E-state index contributed by atoms with van der Waals surface area (Å²) < 4.78 is 22.1. The molecule has 0 aromatic heterocycles. The van der Waals surface area contributed by atoms with Gasteiger partial charge in [0.15, 0.2) is 0 Å². The molecule has 0 saturated carbocycles. The van der Waals surface area contributed by atoms with Gasteiger partial charge in [0.05, 0.1) is 5.75 Å². The van der Waals surface area contributed by atoms with Crippen LogP contribution < -0.4 is 5.73 Å². The molecule has 0 aliphatic rings. The summed E-state index contributed by atoms with van der Waals surface area (Å²) in [4.78, 5) is 1.11. The van der Waals surface area contributed by atoms with Gasteiger partial charge in [0.25, 0.3) is 0 Å². The minimum Gasteiger partial charge on any atom is -0.324 e. The van der Waals surface area contributed by atoms with E-state index in [1.807, 2.05) is 30.5 Å². The van der Waals surface area contributed by atoms with Crippen molar-refractivity contribution >= 4 is 21.6 Å². The molecule has 1 unspecified atom stereocenters. The topological polar surface area (TPSA) is 60.2 Å². The van der Waals surface area contributed by atoms with E-state index in [1.54, 1.807) is 11.8 Å². The fourth-order valence-corrected chi connectivity index (χ4v) is 2.82. The quantitative estimate of drug-likeness (QED) is 0.820. The average molecular weight is 259 g/mol. The van der Waals surface area contributed by atoms with Gasteiger partial charge in [-0.05, 0) is 24.3 Å². The predicted octanol–water partition coefficient (Wildman–Crippen LogP) is 1.84. The lowest BCUT2D eigenvalue weighted by atomic mass is 10.1. The third kappa shape index (κ3) is 4.15. The van der Waals surface area contributed by atoms with Crippen LogP contribution in [0.5, 0.6) is 0 Å². The van der Waals surface area contributed by atoms with E-state index in [0.717, 1.165) is 10.5 Å². The highest BCUT2D eigenvalue weighted by Crippen LogP contribution is 2.26. The van der Waals surface area contributed by atoms with Crippen molar-refractivity contribution in [1.29, 1.82) is 0 Å². The van der Waals surface area contributed by atoms with Crippen LogP contribution in [0.15, 0.2) is 29.2 Å². The first-order chi connectivity index (χ1) is 7.44. The fourth-order valence-electron chi connectivity index (χ4n) is 1.47. The summed E-state index contributed by atoms with van der Waals surface area (Å²) in [6.45, 7) is 0. The summed E-state index contributed by atoms with van der Waals surface area (Å²) in [5.74, 6) is 0.136. The van der Waals surface area contributed by atoms with E-state index in [0.29, 0.717) is 6.42 Å². The van der Waals surface area contributed by atoms with Crippen LogP contribution >= 0.6 is 11.8 Å². The maximum atomic E-state index is 11.1. The lowest BCUT2D eigenvalue weighted by Crippen LogP contribution is -2.16. The molecule has 1 aromatic carbocycles. The van der Waals surface area contributed by atoms with Crippen molar-refractivity contribution in [2.45, 2.75) is 17.4 Å². The van der Waals surface area contributed by atoms with Crippen LogP contribution in [0.3, 0.4) is 0 Å². The molecule has 0 amide bonds. The molecule has 90 valence electrons. The molecule has 0 heterocycles. The predicted molar refractivity (Wildman–Crippen MR) is 69.5 cm³/mol. The van der Waals surface area contributed by atoms with E-state index < -0.39 is 9.84 Å². The summed E-state index contributed by atoms with van der Waals surface area (Å²) in [7, 11) is -2.93. The SMILES string of the molecule is CSc1ccccc1C(N)CCS(C)(=O)=O. The first-order valence-electron chi connectivity index (χ1n) is 5.00. The van der Waals surface area contributed by atoms with Gasteiger partial charge in [-0.25, -0.2) is 8.42 Å². The minimum absolute atomic E-state index is 0.136. The Morgan fingerprint density at radius 2 is 2.00 bits per heavy atom. The third-order valence-electron chi connectivity index (χ3n) is 2.34. The smallest absolute Gasteiger partial charge is 0.147 e. The molecule has 0 spiro atoms. The zero-order valence-electron chi connectivity index (χ0n) is 9.51. The number of hydrogen-bond donors (Lipinski definition) is 1. The van der Waals surface area contributed by atoms with Crippen LogP contribution in [-0.4, -0.2) is 26.7 Å². The van der Waals surface area contributed by atoms with Gasteiger partial charge >= 0.3 is 0 Å². The lowest BCUT2D eigenvalue weighted by Gasteiger charge is -2.14. The lowest BCUT2D eigenvalue weighted by molar-refractivity contribution is 0.590. The van der Waals surface area contributed by atoms with E-state index >= 15 is 0 Å². The number of rotatable bonds is 5. The summed E-state index contributed by atoms with van der Waals surface area (Å²) in [5, 5.41) is 0. The molecule has 1 rings (SSSR count). The Kier molecular flexibility index (Phi) is 4.83. The number of hydrogen-bond acceptors (Lipinski definition) is 4. The van der Waals surface area contributed by atoms with Crippen molar-refractivity contribution in [2.24, 2.45) is 5.73 Å². The Labute approximate surface area is 101 Å². The zero-order valence-corrected chi connectivity index (χ0v) is 11.1. The second-order valence-electron chi connectivity index (χ2n) is 3.77. The van der Waals surface area contributed by atoms with E-state index in [1.165, 1.54) is 6.26 Å². The van der Waals surface area contributed by atoms with Gasteiger partial charge in [0.2, 0.25) is 0 Å². The number of sulfone groups is 1. The number of benzene rings is 1. The van der Waals surface area contributed by atoms with Gasteiger partial charge in [-0.2, -0.15) is 0 Å². The first kappa shape index (κ1) is 13.5. The summed E-state index contributed by atoms with van der Waals surface area (Å²) in [5.41, 5.74) is 7.03. The van der Waals surface area contributed by atoms with E-state index in [2.05, 4.69) is 0 Å². The normalized spacial score (nSPS) is 13.7. The van der Waals surface area contributed by atoms with Crippen molar-refractivity contribution < 1.29 is 8.42 Å². The third-order valence-corrected chi connectivity index (χ3v) is 4.13. The van der Waals surface area contributed by atoms with Crippen LogP contribution in [0.1, 0.15) is 18.0 Å². The van der Waals surface area contributed by atoms with Crippen LogP contribution in [0, 0.1) is 0 Å². The molecule has 5 heteroatoms. The monoisotopic (exact) mass is 259 g/mol. The Balaban J connectivity index is 2.76. The molecular formula is C11H17NO2S2. The second-order valence-corrected chi connectivity index (χ2v) is 6.87. The van der Waals surface area contributed by atoms with Crippen LogP contribution in [0.4, 0.5) is 0 Å². The molecular weight excluding hydrogens is 242 g/mol. The molecule has 0 bridgehead atoms. The molecule has 0 aliphatic carbocycles. The Bertz CT molecular complexity index is 443. The summed E-state index contributed by atoms with van der Waals surface area (Å²) >= 11 is 1.63. The average Bonchev–Trinajstić information content (AvgIpc) is 2.25. The molecule has 0 aliphatic heterocycles. The molecule has 3 nitrogen and oxygen atoms in total. The van der Waals surface area contributed by atoms with Gasteiger partial charge < -0.3 is 5.73 Å². The van der Waals surface area contributed by atoms with Crippen LogP contribution in [0.2, 0.25) is 0 Å². The van der Waals surface area contributed by atoms with Crippen molar-refractivity contribution in [3.63, 3.8) is 0 Å². The highest BCUT2D eigenvalue weighted by molar-refractivity contribution is 7.98. The zero-order chi connectivity index (χ0) is 12.2. The maximum Gasteiger partial charge on any atom is 0.147 e. The van der Waals surface area contributed by atoms with Gasteiger partial charge in [0.1, 0.15) is 9.84 Å². The molecule has 0 fully saturated rings. The molecule has 0 radical (unpaired) electrons. The molecule has 1 aromatic rings. The van der Waals surface area contributed by atoms with E-state index in [4.69, 9.17) is 5.73 Å². The Hall–Kier alpha value is -0.520. The van der Waals surface area contributed by atoms with E-state index in [9.17, 15) is 8.42 Å². The van der Waals surface area contributed by atoms with Crippen LogP contribution in [-0.2, 0) is 9.84 Å². The molecule has 16 heavy (non-hydrogen) atoms. The number of thioether (sulfide) groups is 1. The maximum absolute atomic E-state index is 11.1. The summed E-state index contributed by atoms with van der Waals surface area (Å²) in [6.07, 6.45) is 3.69. The molecule has 0 saturated heterocycles. The molecule has 1 atom stereocenters. The first-order valence-corrected chi connectivity index (χ1v) is 8.29.